The molecule has 1 saturated heterocycles. The second-order valence-corrected chi connectivity index (χ2v) is 10.3. The number of nitrogens with zero attached hydrogens (tertiary/aromatic N) is 3. The fraction of sp³-hybridized carbons (Fsp3) is 0.241. The summed E-state index contributed by atoms with van der Waals surface area (Å²) in [6, 6.07) is 20.3. The standard InChI is InChI=1S/C29H27ClN6O3/c30-21-8-9-24-22(16-21)29(39-28(38)34-24)12-4-14-36(18-29)27(37)25(15-19-5-2-1-3-6-19)33-26-10-7-20(17-31-26)23-11-13-32-35-23/h1-3,5-11,13,16-17,25H,4,12,14-15,18H2,(H,31,33)(H,32,35)(H,34,38)/t25-,29?/m0/s1. The van der Waals surface area contributed by atoms with Crippen LogP contribution in [0, 0.1) is 0 Å². The Morgan fingerprint density at radius 2 is 2.03 bits per heavy atom. The zero-order valence-electron chi connectivity index (χ0n) is 21.1. The van der Waals surface area contributed by atoms with Gasteiger partial charge in [-0.3, -0.25) is 15.2 Å². The molecule has 198 valence electrons. The van der Waals surface area contributed by atoms with Crippen LogP contribution in [0.5, 0.6) is 0 Å². The lowest BCUT2D eigenvalue weighted by Gasteiger charge is -2.45. The topological polar surface area (TPSA) is 112 Å². The number of likely N-dealkylation sites (tertiary alicyclic amines) is 1. The van der Waals surface area contributed by atoms with Gasteiger partial charge >= 0.3 is 6.09 Å². The quantitative estimate of drug-likeness (QED) is 0.307. The number of benzene rings is 2. The maximum Gasteiger partial charge on any atom is 0.412 e. The summed E-state index contributed by atoms with van der Waals surface area (Å²) in [7, 11) is 0. The Morgan fingerprint density at radius 3 is 2.79 bits per heavy atom. The number of halogens is 1. The van der Waals surface area contributed by atoms with Gasteiger partial charge < -0.3 is 15.0 Å². The zero-order chi connectivity index (χ0) is 26.8. The first-order valence-electron chi connectivity index (χ1n) is 12.8. The van der Waals surface area contributed by atoms with Crippen molar-refractivity contribution in [2.45, 2.75) is 30.9 Å². The van der Waals surface area contributed by atoms with E-state index in [-0.39, 0.29) is 12.5 Å². The van der Waals surface area contributed by atoms with E-state index in [4.69, 9.17) is 16.3 Å². The number of anilines is 2. The molecule has 1 unspecified atom stereocenters. The smallest absolute Gasteiger partial charge is 0.412 e. The number of nitrogens with one attached hydrogen (secondary N) is 3. The number of piperidine rings is 1. The number of carbonyl (C=O) groups excluding carboxylic acids is 2. The minimum absolute atomic E-state index is 0.0875. The second-order valence-electron chi connectivity index (χ2n) is 9.85. The van der Waals surface area contributed by atoms with E-state index < -0.39 is 17.7 Å². The van der Waals surface area contributed by atoms with Crippen LogP contribution in [0.2, 0.25) is 5.02 Å². The number of carbonyl (C=O) groups is 2. The van der Waals surface area contributed by atoms with Crippen LogP contribution in [0.4, 0.5) is 16.3 Å². The van der Waals surface area contributed by atoms with Gasteiger partial charge in [0.1, 0.15) is 11.9 Å². The average molecular weight is 543 g/mol. The van der Waals surface area contributed by atoms with Crippen LogP contribution in [0.15, 0.2) is 79.1 Å². The van der Waals surface area contributed by atoms with Crippen LogP contribution < -0.4 is 10.6 Å². The highest BCUT2D eigenvalue weighted by atomic mass is 35.5. The molecule has 0 bridgehead atoms. The molecule has 0 aliphatic carbocycles. The van der Waals surface area contributed by atoms with Gasteiger partial charge in [-0.1, -0.05) is 41.9 Å². The Balaban J connectivity index is 1.27. The molecule has 2 aromatic heterocycles. The summed E-state index contributed by atoms with van der Waals surface area (Å²) in [5.74, 6) is 0.500. The SMILES string of the molecule is O=C1Nc2ccc(Cl)cc2C2(CCCN(C(=O)[C@H](Cc3ccccc3)Nc3ccc(-c4ccn[nH]4)cn3)C2)O1. The number of aromatic amines is 1. The molecule has 1 fully saturated rings. The summed E-state index contributed by atoms with van der Waals surface area (Å²) < 4.78 is 5.90. The summed E-state index contributed by atoms with van der Waals surface area (Å²) in [5, 5.41) is 13.6. The lowest BCUT2D eigenvalue weighted by Crippen LogP contribution is -2.56. The van der Waals surface area contributed by atoms with Crippen molar-refractivity contribution in [2.24, 2.45) is 0 Å². The van der Waals surface area contributed by atoms with E-state index in [0.29, 0.717) is 42.3 Å². The van der Waals surface area contributed by atoms with E-state index in [1.807, 2.05) is 54.6 Å². The highest BCUT2D eigenvalue weighted by Gasteiger charge is 2.47. The Morgan fingerprint density at radius 1 is 1.15 bits per heavy atom. The van der Waals surface area contributed by atoms with Crippen LogP contribution in [0.3, 0.4) is 0 Å². The Hall–Kier alpha value is -4.37. The Labute approximate surface area is 230 Å². The summed E-state index contributed by atoms with van der Waals surface area (Å²) in [4.78, 5) is 32.9. The molecule has 2 aliphatic rings. The molecule has 2 amide bonds. The van der Waals surface area contributed by atoms with Crippen molar-refractivity contribution in [1.29, 1.82) is 0 Å². The lowest BCUT2D eigenvalue weighted by molar-refractivity contribution is -0.139. The number of hydrogen-bond acceptors (Lipinski definition) is 6. The van der Waals surface area contributed by atoms with Gasteiger partial charge in [0.2, 0.25) is 5.91 Å². The van der Waals surface area contributed by atoms with Crippen molar-refractivity contribution in [2.75, 3.05) is 23.7 Å². The molecule has 0 radical (unpaired) electrons. The molecule has 2 aliphatic heterocycles. The number of fused-ring (bicyclic) bond motifs is 2. The summed E-state index contributed by atoms with van der Waals surface area (Å²) in [6.45, 7) is 0.798. The molecule has 9 nitrogen and oxygen atoms in total. The predicted octanol–water partition coefficient (Wildman–Crippen LogP) is 5.23. The molecule has 0 saturated carbocycles. The Bertz CT molecular complexity index is 1480. The summed E-state index contributed by atoms with van der Waals surface area (Å²) in [6.07, 6.45) is 4.65. The number of ether oxygens (including phenoxy) is 1. The molecular weight excluding hydrogens is 516 g/mol. The largest absolute Gasteiger partial charge is 0.436 e. The number of hydrogen-bond donors (Lipinski definition) is 3. The average Bonchev–Trinajstić information content (AvgIpc) is 3.49. The molecule has 3 N–H and O–H groups in total. The molecule has 4 aromatic rings. The van der Waals surface area contributed by atoms with Crippen molar-refractivity contribution in [3.63, 3.8) is 0 Å². The lowest BCUT2D eigenvalue weighted by atomic mass is 9.83. The van der Waals surface area contributed by atoms with Gasteiger partial charge in [-0.15, -0.1) is 0 Å². The van der Waals surface area contributed by atoms with Crippen molar-refractivity contribution < 1.29 is 14.3 Å². The fourth-order valence-corrected chi connectivity index (χ4v) is 5.56. The van der Waals surface area contributed by atoms with Crippen LogP contribution >= 0.6 is 11.6 Å². The van der Waals surface area contributed by atoms with E-state index in [9.17, 15) is 9.59 Å². The molecule has 2 atom stereocenters. The van der Waals surface area contributed by atoms with Crippen molar-refractivity contribution in [1.82, 2.24) is 20.1 Å². The molecular formula is C29H27ClN6O3. The molecule has 39 heavy (non-hydrogen) atoms. The fourth-order valence-electron chi connectivity index (χ4n) is 5.39. The first-order chi connectivity index (χ1) is 19.0. The summed E-state index contributed by atoms with van der Waals surface area (Å²) >= 11 is 6.32. The van der Waals surface area contributed by atoms with E-state index >= 15 is 0 Å². The second kappa shape index (κ2) is 10.4. The number of H-pyrrole nitrogens is 1. The minimum atomic E-state index is -0.961. The van der Waals surface area contributed by atoms with Crippen LogP contribution in [-0.2, 0) is 21.6 Å². The number of rotatable bonds is 6. The van der Waals surface area contributed by atoms with Gasteiger partial charge in [0.15, 0.2) is 5.60 Å². The molecule has 1 spiro atoms. The van der Waals surface area contributed by atoms with Crippen molar-refractivity contribution in [3.05, 3.63) is 95.3 Å². The van der Waals surface area contributed by atoms with Gasteiger partial charge in [-0.05, 0) is 54.8 Å². The highest BCUT2D eigenvalue weighted by Crippen LogP contribution is 2.43. The maximum atomic E-state index is 14.1. The third kappa shape index (κ3) is 5.18. The molecule has 2 aromatic carbocycles. The third-order valence-corrected chi connectivity index (χ3v) is 7.48. The summed E-state index contributed by atoms with van der Waals surface area (Å²) in [5.41, 5.74) is 3.27. The number of amides is 2. The van der Waals surface area contributed by atoms with E-state index in [0.717, 1.165) is 22.4 Å². The zero-order valence-corrected chi connectivity index (χ0v) is 21.8. The number of pyridine rings is 1. The first-order valence-corrected chi connectivity index (χ1v) is 13.2. The van der Waals surface area contributed by atoms with Crippen molar-refractivity contribution >= 4 is 35.1 Å². The first kappa shape index (κ1) is 24.9. The molecule has 10 heteroatoms. The van der Waals surface area contributed by atoms with Gasteiger partial charge in [0.05, 0.1) is 17.9 Å². The highest BCUT2D eigenvalue weighted by molar-refractivity contribution is 6.30. The third-order valence-electron chi connectivity index (χ3n) is 7.24. The minimum Gasteiger partial charge on any atom is -0.436 e. The maximum absolute atomic E-state index is 14.1. The van der Waals surface area contributed by atoms with Crippen LogP contribution in [0.1, 0.15) is 24.0 Å². The monoisotopic (exact) mass is 542 g/mol. The molecule has 4 heterocycles. The van der Waals surface area contributed by atoms with E-state index in [2.05, 4.69) is 25.8 Å². The van der Waals surface area contributed by atoms with Gasteiger partial charge in [-0.2, -0.15) is 5.10 Å². The van der Waals surface area contributed by atoms with Crippen LogP contribution in [0.25, 0.3) is 11.3 Å². The van der Waals surface area contributed by atoms with Gasteiger partial charge in [0.25, 0.3) is 0 Å². The van der Waals surface area contributed by atoms with Gasteiger partial charge in [-0.25, -0.2) is 9.78 Å². The van der Waals surface area contributed by atoms with E-state index in [1.54, 1.807) is 29.4 Å². The Kier molecular flexibility index (Phi) is 6.66. The normalized spacial score (nSPS) is 19.1. The van der Waals surface area contributed by atoms with Crippen LogP contribution in [-0.4, -0.2) is 51.2 Å². The number of aromatic nitrogens is 3. The van der Waals surface area contributed by atoms with E-state index in [1.165, 1.54) is 0 Å². The van der Waals surface area contributed by atoms with Gasteiger partial charge in [0, 0.05) is 41.5 Å². The molecule has 6 rings (SSSR count). The van der Waals surface area contributed by atoms with Crippen molar-refractivity contribution in [3.8, 4) is 11.3 Å². The predicted molar refractivity (Wildman–Crippen MR) is 148 cm³/mol.